The van der Waals surface area contributed by atoms with E-state index in [1.54, 1.807) is 13.0 Å². The van der Waals surface area contributed by atoms with Crippen molar-refractivity contribution in [2.24, 2.45) is 0 Å². The van der Waals surface area contributed by atoms with Crippen LogP contribution in [-0.4, -0.2) is 28.2 Å². The summed E-state index contributed by atoms with van der Waals surface area (Å²) in [6.45, 7) is 4.78. The van der Waals surface area contributed by atoms with E-state index < -0.39 is 6.10 Å². The Morgan fingerprint density at radius 1 is 1.69 bits per heavy atom. The minimum absolute atomic E-state index is 0.153. The molecule has 4 nitrogen and oxygen atoms in total. The second-order valence-electron chi connectivity index (χ2n) is 3.80. The Bertz CT molecular complexity index is 361. The molecule has 1 atom stereocenters. The first kappa shape index (κ1) is 13.3. The van der Waals surface area contributed by atoms with Crippen LogP contribution in [0.2, 0.25) is 0 Å². The van der Waals surface area contributed by atoms with Crippen LogP contribution in [0.3, 0.4) is 0 Å². The maximum Gasteiger partial charge on any atom is 0.268 e. The molecule has 0 aromatic carbocycles. The minimum Gasteiger partial charge on any atom is -0.392 e. The maximum atomic E-state index is 11.8. The number of carbonyl (C=O) groups is 1. The summed E-state index contributed by atoms with van der Waals surface area (Å²) in [4.78, 5) is 11.8. The number of rotatable bonds is 5. The van der Waals surface area contributed by atoms with Gasteiger partial charge in [-0.3, -0.25) is 4.79 Å². The normalized spacial score (nSPS) is 12.5. The summed E-state index contributed by atoms with van der Waals surface area (Å²) >= 11 is 3.35. The van der Waals surface area contributed by atoms with Crippen LogP contribution < -0.4 is 5.32 Å². The van der Waals surface area contributed by atoms with Crippen LogP contribution in [0.25, 0.3) is 0 Å². The zero-order chi connectivity index (χ0) is 12.1. The van der Waals surface area contributed by atoms with Gasteiger partial charge < -0.3 is 15.0 Å². The standard InChI is InChI=1S/C11H17BrN2O2/c1-3-4-14-7-9(12)5-10(14)11(16)13-6-8(2)15/h5,7-8,15H,3-4,6H2,1-2H3,(H,13,16)/t8-/m0/s1. The number of amides is 1. The van der Waals surface area contributed by atoms with Crippen LogP contribution >= 0.6 is 15.9 Å². The van der Waals surface area contributed by atoms with Crippen LogP contribution in [0, 0.1) is 0 Å². The van der Waals surface area contributed by atoms with Crippen molar-refractivity contribution in [2.45, 2.75) is 32.9 Å². The summed E-state index contributed by atoms with van der Waals surface area (Å²) in [5, 5.41) is 11.8. The van der Waals surface area contributed by atoms with Crippen molar-refractivity contribution in [3.05, 3.63) is 22.4 Å². The van der Waals surface area contributed by atoms with E-state index in [-0.39, 0.29) is 12.5 Å². The quantitative estimate of drug-likeness (QED) is 0.868. The molecule has 0 radical (unpaired) electrons. The summed E-state index contributed by atoms with van der Waals surface area (Å²) in [6, 6.07) is 1.78. The van der Waals surface area contributed by atoms with E-state index in [1.807, 2.05) is 10.8 Å². The van der Waals surface area contributed by atoms with Gasteiger partial charge >= 0.3 is 0 Å². The Balaban J connectivity index is 2.73. The van der Waals surface area contributed by atoms with Crippen LogP contribution in [0.1, 0.15) is 30.8 Å². The van der Waals surface area contributed by atoms with Crippen molar-refractivity contribution in [3.63, 3.8) is 0 Å². The second-order valence-corrected chi connectivity index (χ2v) is 4.71. The Hall–Kier alpha value is -0.810. The molecule has 1 aromatic heterocycles. The molecule has 0 aliphatic heterocycles. The number of aromatic nitrogens is 1. The van der Waals surface area contributed by atoms with Crippen LogP contribution in [-0.2, 0) is 6.54 Å². The van der Waals surface area contributed by atoms with Crippen LogP contribution in [0.4, 0.5) is 0 Å². The number of aryl methyl sites for hydroxylation is 1. The van der Waals surface area contributed by atoms with E-state index in [4.69, 9.17) is 5.11 Å². The van der Waals surface area contributed by atoms with Gasteiger partial charge in [0.25, 0.3) is 5.91 Å². The van der Waals surface area contributed by atoms with Gasteiger partial charge in [0.1, 0.15) is 5.69 Å². The number of carbonyl (C=O) groups excluding carboxylic acids is 1. The van der Waals surface area contributed by atoms with E-state index in [9.17, 15) is 4.79 Å². The number of hydrogen-bond donors (Lipinski definition) is 2. The SMILES string of the molecule is CCCn1cc(Br)cc1C(=O)NC[C@H](C)O. The van der Waals surface area contributed by atoms with Crippen molar-refractivity contribution >= 4 is 21.8 Å². The van der Waals surface area contributed by atoms with Gasteiger partial charge in [-0.15, -0.1) is 0 Å². The fraction of sp³-hybridized carbons (Fsp3) is 0.545. The first-order chi connectivity index (χ1) is 7.54. The smallest absolute Gasteiger partial charge is 0.268 e. The number of nitrogens with zero attached hydrogens (tertiary/aromatic N) is 1. The summed E-state index contributed by atoms with van der Waals surface area (Å²) in [6.07, 6.45) is 2.33. The average molecular weight is 289 g/mol. The molecule has 16 heavy (non-hydrogen) atoms. The van der Waals surface area contributed by atoms with E-state index in [2.05, 4.69) is 28.2 Å². The molecule has 0 aliphatic rings. The Morgan fingerprint density at radius 2 is 2.38 bits per heavy atom. The molecule has 0 aliphatic carbocycles. The highest BCUT2D eigenvalue weighted by molar-refractivity contribution is 9.10. The Morgan fingerprint density at radius 3 is 2.94 bits per heavy atom. The van der Waals surface area contributed by atoms with E-state index >= 15 is 0 Å². The third-order valence-corrected chi connectivity index (χ3v) is 2.55. The lowest BCUT2D eigenvalue weighted by molar-refractivity contribution is 0.0914. The predicted octanol–water partition coefficient (Wildman–Crippen LogP) is 1.77. The third kappa shape index (κ3) is 3.64. The highest BCUT2D eigenvalue weighted by atomic mass is 79.9. The number of halogens is 1. The van der Waals surface area contributed by atoms with E-state index in [1.165, 1.54) is 0 Å². The summed E-state index contributed by atoms with van der Waals surface area (Å²) < 4.78 is 2.80. The molecule has 1 heterocycles. The van der Waals surface area contributed by atoms with Crippen LogP contribution in [0.15, 0.2) is 16.7 Å². The van der Waals surface area contributed by atoms with Gasteiger partial charge in [-0.2, -0.15) is 0 Å². The van der Waals surface area contributed by atoms with Gasteiger partial charge in [0.05, 0.1) is 6.10 Å². The average Bonchev–Trinajstić information content (AvgIpc) is 2.56. The lowest BCUT2D eigenvalue weighted by Gasteiger charge is -2.09. The van der Waals surface area contributed by atoms with E-state index in [0.29, 0.717) is 5.69 Å². The van der Waals surface area contributed by atoms with E-state index in [0.717, 1.165) is 17.4 Å². The van der Waals surface area contributed by atoms with Crippen LogP contribution in [0.5, 0.6) is 0 Å². The zero-order valence-corrected chi connectivity index (χ0v) is 11.1. The lowest BCUT2D eigenvalue weighted by atomic mass is 10.3. The van der Waals surface area contributed by atoms with Crippen molar-refractivity contribution in [1.82, 2.24) is 9.88 Å². The molecule has 0 fully saturated rings. The fourth-order valence-electron chi connectivity index (χ4n) is 1.42. The third-order valence-electron chi connectivity index (χ3n) is 2.12. The van der Waals surface area contributed by atoms with Gasteiger partial charge in [0.15, 0.2) is 0 Å². The number of aliphatic hydroxyl groups excluding tert-OH is 1. The Kier molecular flexibility index (Phi) is 5.02. The first-order valence-corrected chi connectivity index (χ1v) is 6.15. The highest BCUT2D eigenvalue weighted by Crippen LogP contribution is 2.15. The molecule has 0 bridgehead atoms. The Labute approximate surface area is 104 Å². The molecule has 2 N–H and O–H groups in total. The second kappa shape index (κ2) is 6.06. The molecule has 0 spiro atoms. The summed E-state index contributed by atoms with van der Waals surface area (Å²) in [7, 11) is 0. The van der Waals surface area contributed by atoms with Gasteiger partial charge in [0.2, 0.25) is 0 Å². The molecule has 1 rings (SSSR count). The van der Waals surface area contributed by atoms with Gasteiger partial charge in [-0.25, -0.2) is 0 Å². The molecule has 0 unspecified atom stereocenters. The molecule has 5 heteroatoms. The summed E-state index contributed by atoms with van der Waals surface area (Å²) in [5.41, 5.74) is 0.620. The predicted molar refractivity (Wildman–Crippen MR) is 66.4 cm³/mol. The van der Waals surface area contributed by atoms with Crippen molar-refractivity contribution in [3.8, 4) is 0 Å². The lowest BCUT2D eigenvalue weighted by Crippen LogP contribution is -2.31. The topological polar surface area (TPSA) is 54.3 Å². The number of nitrogens with one attached hydrogen (secondary N) is 1. The van der Waals surface area contributed by atoms with Crippen molar-refractivity contribution in [1.29, 1.82) is 0 Å². The fourth-order valence-corrected chi connectivity index (χ4v) is 1.89. The monoisotopic (exact) mass is 288 g/mol. The molecule has 0 saturated heterocycles. The van der Waals surface area contributed by atoms with Gasteiger partial charge in [-0.1, -0.05) is 6.92 Å². The first-order valence-electron chi connectivity index (χ1n) is 5.36. The van der Waals surface area contributed by atoms with Gasteiger partial charge in [0, 0.05) is 23.8 Å². The maximum absolute atomic E-state index is 11.8. The molecule has 1 aromatic rings. The van der Waals surface area contributed by atoms with Gasteiger partial charge in [-0.05, 0) is 35.3 Å². The number of aliphatic hydroxyl groups is 1. The number of hydrogen-bond acceptors (Lipinski definition) is 2. The summed E-state index contributed by atoms with van der Waals surface area (Å²) in [5.74, 6) is -0.153. The molecule has 1 amide bonds. The van der Waals surface area contributed by atoms with Crippen molar-refractivity contribution < 1.29 is 9.90 Å². The minimum atomic E-state index is -0.526. The molecular weight excluding hydrogens is 272 g/mol. The van der Waals surface area contributed by atoms with Crippen molar-refractivity contribution in [2.75, 3.05) is 6.54 Å². The zero-order valence-electron chi connectivity index (χ0n) is 9.53. The molecule has 0 saturated carbocycles. The largest absolute Gasteiger partial charge is 0.392 e. The highest BCUT2D eigenvalue weighted by Gasteiger charge is 2.12. The molecular formula is C11H17BrN2O2. The molecule has 90 valence electrons.